The van der Waals surface area contributed by atoms with E-state index in [4.69, 9.17) is 25.5 Å². The summed E-state index contributed by atoms with van der Waals surface area (Å²) in [5.74, 6) is -0.553. The molecule has 0 N–H and O–H groups in total. The lowest BCUT2D eigenvalue weighted by Gasteiger charge is -2.10. The van der Waals surface area contributed by atoms with E-state index >= 15 is 0 Å². The first-order valence-corrected chi connectivity index (χ1v) is 7.99. The average molecular weight is 377 g/mol. The number of carbonyl (C=O) groups is 1. The molecule has 26 heavy (non-hydrogen) atoms. The molecule has 0 saturated carbocycles. The number of nitrogens with zero attached hydrogens (tertiary/aromatic N) is 2. The highest BCUT2D eigenvalue weighted by Gasteiger charge is 2.22. The van der Waals surface area contributed by atoms with Crippen LogP contribution >= 0.6 is 11.6 Å². The molecule has 8 heteroatoms. The fourth-order valence-electron chi connectivity index (χ4n) is 2.18. The molecule has 6 nitrogen and oxygen atoms in total. The van der Waals surface area contributed by atoms with E-state index in [-0.39, 0.29) is 22.4 Å². The molecule has 0 amide bonds. The summed E-state index contributed by atoms with van der Waals surface area (Å²) in [6.07, 6.45) is -0.861. The number of halogens is 2. The van der Waals surface area contributed by atoms with Crippen LogP contribution in [0.2, 0.25) is 5.02 Å². The minimum atomic E-state index is -0.873. The highest BCUT2D eigenvalue weighted by atomic mass is 35.5. The highest BCUT2D eigenvalue weighted by molar-refractivity contribution is 6.30. The smallest absolute Gasteiger partial charge is 0.341 e. The van der Waals surface area contributed by atoms with Crippen molar-refractivity contribution < 1.29 is 23.1 Å². The Morgan fingerprint density at radius 2 is 1.92 bits per heavy atom. The summed E-state index contributed by atoms with van der Waals surface area (Å²) < 4.78 is 29.6. The highest BCUT2D eigenvalue weighted by Crippen LogP contribution is 2.25. The van der Waals surface area contributed by atoms with Gasteiger partial charge in [-0.25, -0.2) is 9.18 Å². The maximum absolute atomic E-state index is 13.7. The van der Waals surface area contributed by atoms with E-state index in [9.17, 15) is 9.18 Å². The van der Waals surface area contributed by atoms with Gasteiger partial charge in [-0.15, -0.1) is 10.2 Å². The first kappa shape index (κ1) is 17.9. The van der Waals surface area contributed by atoms with Crippen molar-refractivity contribution >= 4 is 17.6 Å². The van der Waals surface area contributed by atoms with Gasteiger partial charge < -0.3 is 13.9 Å². The molecule has 3 rings (SSSR count). The molecule has 1 atom stereocenters. The molecule has 0 radical (unpaired) electrons. The van der Waals surface area contributed by atoms with E-state index < -0.39 is 17.9 Å². The van der Waals surface area contributed by atoms with Gasteiger partial charge in [0.25, 0.3) is 5.89 Å². The van der Waals surface area contributed by atoms with Crippen LogP contribution in [0.3, 0.4) is 0 Å². The molecule has 0 aliphatic carbocycles. The summed E-state index contributed by atoms with van der Waals surface area (Å²) in [6.45, 7) is 1.55. The fourth-order valence-corrected chi connectivity index (χ4v) is 2.35. The van der Waals surface area contributed by atoms with Gasteiger partial charge in [0.2, 0.25) is 5.89 Å². The third kappa shape index (κ3) is 3.83. The van der Waals surface area contributed by atoms with Crippen LogP contribution < -0.4 is 4.74 Å². The molecule has 2 aromatic carbocycles. The maximum Gasteiger partial charge on any atom is 0.341 e. The number of carbonyl (C=O) groups excluding carboxylic acids is 1. The van der Waals surface area contributed by atoms with E-state index in [1.807, 2.05) is 0 Å². The molecular weight excluding hydrogens is 363 g/mol. The number of esters is 1. The Morgan fingerprint density at radius 1 is 1.19 bits per heavy atom. The zero-order chi connectivity index (χ0) is 18.7. The van der Waals surface area contributed by atoms with Crippen LogP contribution in [0.15, 0.2) is 46.9 Å². The van der Waals surface area contributed by atoms with Gasteiger partial charge in [-0.1, -0.05) is 11.6 Å². The largest absolute Gasteiger partial charge is 0.497 e. The predicted octanol–water partition coefficient (Wildman–Crippen LogP) is 4.46. The second kappa shape index (κ2) is 7.53. The standard InChI is InChI=1S/C18H14ClFN2O4/c1-10(25-18(23)14-9-12(19)5-8-15(14)20)16-21-22-17(26-16)11-3-6-13(24-2)7-4-11/h3-10H,1-2H3. The third-order valence-electron chi connectivity index (χ3n) is 3.56. The molecule has 0 fully saturated rings. The lowest BCUT2D eigenvalue weighted by atomic mass is 10.2. The lowest BCUT2D eigenvalue weighted by Crippen LogP contribution is -2.11. The third-order valence-corrected chi connectivity index (χ3v) is 3.79. The van der Waals surface area contributed by atoms with Gasteiger partial charge in [-0.05, 0) is 49.4 Å². The summed E-state index contributed by atoms with van der Waals surface area (Å²) in [5, 5.41) is 8.03. The quantitative estimate of drug-likeness (QED) is 0.612. The van der Waals surface area contributed by atoms with E-state index in [0.717, 1.165) is 6.07 Å². The molecular formula is C18H14ClFN2O4. The number of hydrogen-bond acceptors (Lipinski definition) is 6. The Morgan fingerprint density at radius 3 is 2.62 bits per heavy atom. The van der Waals surface area contributed by atoms with Crippen molar-refractivity contribution in [2.75, 3.05) is 7.11 Å². The van der Waals surface area contributed by atoms with Crippen molar-refractivity contribution in [3.63, 3.8) is 0 Å². The monoisotopic (exact) mass is 376 g/mol. The summed E-state index contributed by atoms with van der Waals surface area (Å²) >= 11 is 5.78. The number of aromatic nitrogens is 2. The van der Waals surface area contributed by atoms with Gasteiger partial charge in [0, 0.05) is 10.6 Å². The Kier molecular flexibility index (Phi) is 5.18. The van der Waals surface area contributed by atoms with Crippen LogP contribution in [0.4, 0.5) is 4.39 Å². The molecule has 0 aliphatic heterocycles. The second-order valence-corrected chi connectivity index (χ2v) is 5.78. The van der Waals surface area contributed by atoms with Crippen LogP contribution in [0.25, 0.3) is 11.5 Å². The van der Waals surface area contributed by atoms with Crippen LogP contribution in [0.5, 0.6) is 5.75 Å². The summed E-state index contributed by atoms with van der Waals surface area (Å²) in [4.78, 5) is 12.1. The van der Waals surface area contributed by atoms with Crippen LogP contribution in [0, 0.1) is 5.82 Å². The van der Waals surface area contributed by atoms with Gasteiger partial charge in [0.1, 0.15) is 11.6 Å². The van der Waals surface area contributed by atoms with Crippen LogP contribution in [0.1, 0.15) is 29.3 Å². The zero-order valence-electron chi connectivity index (χ0n) is 13.9. The van der Waals surface area contributed by atoms with Crippen molar-refractivity contribution in [1.82, 2.24) is 10.2 Å². The van der Waals surface area contributed by atoms with E-state index in [2.05, 4.69) is 10.2 Å². The Hall–Kier alpha value is -2.93. The molecule has 0 aliphatic rings. The average Bonchev–Trinajstić information content (AvgIpc) is 3.14. The van der Waals surface area contributed by atoms with Crippen LogP contribution in [-0.2, 0) is 4.74 Å². The lowest BCUT2D eigenvalue weighted by molar-refractivity contribution is 0.0274. The first-order chi connectivity index (χ1) is 12.5. The van der Waals surface area contributed by atoms with Crippen molar-refractivity contribution in [2.24, 2.45) is 0 Å². The molecule has 0 saturated heterocycles. The van der Waals surface area contributed by atoms with Gasteiger partial charge >= 0.3 is 5.97 Å². The molecule has 0 bridgehead atoms. The van der Waals surface area contributed by atoms with Gasteiger partial charge in [0.05, 0.1) is 12.7 Å². The van der Waals surface area contributed by atoms with E-state index in [0.29, 0.717) is 11.3 Å². The Labute approximate surface area is 153 Å². The van der Waals surface area contributed by atoms with Crippen molar-refractivity contribution in [3.8, 4) is 17.2 Å². The van der Waals surface area contributed by atoms with Crippen molar-refractivity contribution in [3.05, 3.63) is 64.8 Å². The normalized spacial score (nSPS) is 11.8. The molecule has 1 aromatic heterocycles. The predicted molar refractivity (Wildman–Crippen MR) is 91.5 cm³/mol. The second-order valence-electron chi connectivity index (χ2n) is 5.35. The number of methoxy groups -OCH3 is 1. The van der Waals surface area contributed by atoms with Crippen molar-refractivity contribution in [2.45, 2.75) is 13.0 Å². The number of ether oxygens (including phenoxy) is 2. The summed E-state index contributed by atoms with van der Waals surface area (Å²) in [7, 11) is 1.57. The summed E-state index contributed by atoms with van der Waals surface area (Å²) in [5.41, 5.74) is 0.420. The Balaban J connectivity index is 1.74. The summed E-state index contributed by atoms with van der Waals surface area (Å²) in [6, 6.07) is 10.7. The molecule has 0 spiro atoms. The Bertz CT molecular complexity index is 927. The minimum absolute atomic E-state index is 0.0894. The number of rotatable bonds is 5. The number of hydrogen-bond donors (Lipinski definition) is 0. The molecule has 3 aromatic rings. The van der Waals surface area contributed by atoms with E-state index in [1.165, 1.54) is 12.1 Å². The first-order valence-electron chi connectivity index (χ1n) is 7.62. The minimum Gasteiger partial charge on any atom is -0.497 e. The molecule has 1 unspecified atom stereocenters. The molecule has 134 valence electrons. The SMILES string of the molecule is COc1ccc(-c2nnc(C(C)OC(=O)c3cc(Cl)ccc3F)o2)cc1. The maximum atomic E-state index is 13.7. The fraction of sp³-hybridized carbons (Fsp3) is 0.167. The van der Waals surface area contributed by atoms with Gasteiger partial charge in [-0.2, -0.15) is 0 Å². The molecule has 1 heterocycles. The topological polar surface area (TPSA) is 74.5 Å². The van der Waals surface area contributed by atoms with Crippen LogP contribution in [-0.4, -0.2) is 23.3 Å². The van der Waals surface area contributed by atoms with E-state index in [1.54, 1.807) is 38.3 Å². The number of benzene rings is 2. The van der Waals surface area contributed by atoms with Gasteiger partial charge in [-0.3, -0.25) is 0 Å². The van der Waals surface area contributed by atoms with Gasteiger partial charge in [0.15, 0.2) is 6.10 Å². The zero-order valence-corrected chi connectivity index (χ0v) is 14.7. The van der Waals surface area contributed by atoms with Crippen molar-refractivity contribution in [1.29, 1.82) is 0 Å².